The Bertz CT molecular complexity index is 515. The van der Waals surface area contributed by atoms with Gasteiger partial charge in [0.2, 0.25) is 0 Å². The number of hydrogen-bond donors (Lipinski definition) is 3. The van der Waals surface area contributed by atoms with E-state index in [0.29, 0.717) is 25.1 Å². The number of H-pyrrole nitrogens is 1. The molecule has 102 valence electrons. The van der Waals surface area contributed by atoms with Crippen LogP contribution in [0.3, 0.4) is 0 Å². The van der Waals surface area contributed by atoms with Gasteiger partial charge >= 0.3 is 0 Å². The molecule has 1 heterocycles. The number of aromatic amines is 1. The van der Waals surface area contributed by atoms with Crippen LogP contribution in [0.5, 0.6) is 0 Å². The average Bonchev–Trinajstić information content (AvgIpc) is 2.92. The minimum atomic E-state index is -0.103. The Morgan fingerprint density at radius 3 is 2.95 bits per heavy atom. The van der Waals surface area contributed by atoms with Gasteiger partial charge in [-0.2, -0.15) is 15.4 Å². The summed E-state index contributed by atoms with van der Waals surface area (Å²) < 4.78 is 0. The molecular weight excluding hydrogens is 266 g/mol. The molecule has 0 bridgehead atoms. The highest BCUT2D eigenvalue weighted by Crippen LogP contribution is 2.04. The number of nitrogens with two attached hydrogens (primary N) is 1. The number of hydrogen-bond acceptors (Lipinski definition) is 4. The highest BCUT2D eigenvalue weighted by molar-refractivity contribution is 5.94. The second-order valence-corrected chi connectivity index (χ2v) is 3.87. The lowest BCUT2D eigenvalue weighted by Crippen LogP contribution is -2.25. The van der Waals surface area contributed by atoms with Gasteiger partial charge in [-0.15, -0.1) is 12.4 Å². The lowest BCUT2D eigenvalue weighted by Gasteiger charge is -2.05. The molecule has 0 saturated carbocycles. The lowest BCUT2D eigenvalue weighted by molar-refractivity contribution is 0.0954. The first-order chi connectivity index (χ1) is 8.79. The number of halogens is 1. The third kappa shape index (κ3) is 4.35. The lowest BCUT2D eigenvalue weighted by atomic mass is 10.1. The Morgan fingerprint density at radius 2 is 2.26 bits per heavy atom. The normalized spacial score (nSPS) is 9.74. The largest absolute Gasteiger partial charge is 0.352 e. The van der Waals surface area contributed by atoms with Crippen LogP contribution in [0.2, 0.25) is 0 Å². The minimum absolute atomic E-state index is 0. The van der Waals surface area contributed by atoms with Gasteiger partial charge in [0.15, 0.2) is 0 Å². The molecule has 0 fully saturated rings. The quantitative estimate of drug-likeness (QED) is 0.750. The SMILES string of the molecule is Cl.NCc1cccc(C(=O)NCCc2cn[nH]n2)c1. The molecule has 4 N–H and O–H groups in total. The summed E-state index contributed by atoms with van der Waals surface area (Å²) in [5.41, 5.74) is 7.92. The standard InChI is InChI=1S/C12H15N5O.ClH/c13-7-9-2-1-3-10(6-9)12(18)14-5-4-11-8-15-17-16-11;/h1-3,6,8H,4-5,7,13H2,(H,14,18)(H,15,16,17);1H. The molecule has 0 aliphatic rings. The van der Waals surface area contributed by atoms with Crippen molar-refractivity contribution in [3.05, 3.63) is 47.3 Å². The summed E-state index contributed by atoms with van der Waals surface area (Å²) in [7, 11) is 0. The molecule has 0 spiro atoms. The molecular formula is C12H16ClN5O. The molecule has 0 saturated heterocycles. The summed E-state index contributed by atoms with van der Waals surface area (Å²) >= 11 is 0. The number of rotatable bonds is 5. The molecule has 0 unspecified atom stereocenters. The molecule has 6 nitrogen and oxygen atoms in total. The Morgan fingerprint density at radius 1 is 1.42 bits per heavy atom. The predicted molar refractivity (Wildman–Crippen MR) is 74.0 cm³/mol. The van der Waals surface area contributed by atoms with Gasteiger partial charge in [0.25, 0.3) is 5.91 Å². The third-order valence-corrected chi connectivity index (χ3v) is 2.56. The number of carbonyl (C=O) groups is 1. The van der Waals surface area contributed by atoms with E-state index >= 15 is 0 Å². The van der Waals surface area contributed by atoms with Gasteiger partial charge < -0.3 is 11.1 Å². The minimum Gasteiger partial charge on any atom is -0.352 e. The van der Waals surface area contributed by atoms with Crippen LogP contribution in [0, 0.1) is 0 Å². The van der Waals surface area contributed by atoms with Gasteiger partial charge in [0.05, 0.1) is 11.9 Å². The summed E-state index contributed by atoms with van der Waals surface area (Å²) in [6.07, 6.45) is 2.29. The molecule has 2 aromatic rings. The first-order valence-electron chi connectivity index (χ1n) is 5.71. The molecule has 1 aromatic heterocycles. The van der Waals surface area contributed by atoms with E-state index in [1.807, 2.05) is 12.1 Å². The van der Waals surface area contributed by atoms with Crippen LogP contribution < -0.4 is 11.1 Å². The van der Waals surface area contributed by atoms with Crippen molar-refractivity contribution in [1.29, 1.82) is 0 Å². The molecule has 7 heteroatoms. The zero-order chi connectivity index (χ0) is 12.8. The van der Waals surface area contributed by atoms with Crippen LogP contribution in [0.15, 0.2) is 30.5 Å². The second-order valence-electron chi connectivity index (χ2n) is 3.87. The molecule has 1 amide bonds. The zero-order valence-electron chi connectivity index (χ0n) is 10.3. The number of amides is 1. The van der Waals surface area contributed by atoms with Gasteiger partial charge in [-0.3, -0.25) is 4.79 Å². The third-order valence-electron chi connectivity index (χ3n) is 2.56. The topological polar surface area (TPSA) is 96.7 Å². The number of benzene rings is 1. The van der Waals surface area contributed by atoms with E-state index in [4.69, 9.17) is 5.73 Å². The fourth-order valence-electron chi connectivity index (χ4n) is 1.59. The van der Waals surface area contributed by atoms with Crippen molar-refractivity contribution in [1.82, 2.24) is 20.7 Å². The van der Waals surface area contributed by atoms with E-state index in [-0.39, 0.29) is 18.3 Å². The van der Waals surface area contributed by atoms with Gasteiger partial charge in [-0.25, -0.2) is 0 Å². The van der Waals surface area contributed by atoms with Crippen LogP contribution in [-0.2, 0) is 13.0 Å². The van der Waals surface area contributed by atoms with Crippen LogP contribution in [0.4, 0.5) is 0 Å². The van der Waals surface area contributed by atoms with Gasteiger partial charge in [-0.1, -0.05) is 12.1 Å². The van der Waals surface area contributed by atoms with Crippen LogP contribution in [-0.4, -0.2) is 27.9 Å². The molecule has 1 aromatic carbocycles. The first-order valence-corrected chi connectivity index (χ1v) is 5.71. The van der Waals surface area contributed by atoms with E-state index in [1.54, 1.807) is 18.3 Å². The number of nitrogens with one attached hydrogen (secondary N) is 2. The Balaban J connectivity index is 0.00000180. The van der Waals surface area contributed by atoms with Crippen molar-refractivity contribution >= 4 is 18.3 Å². The summed E-state index contributed by atoms with van der Waals surface area (Å²) in [6, 6.07) is 7.29. The number of aromatic nitrogens is 3. The highest BCUT2D eigenvalue weighted by Gasteiger charge is 2.05. The van der Waals surface area contributed by atoms with Gasteiger partial charge in [0.1, 0.15) is 0 Å². The van der Waals surface area contributed by atoms with Gasteiger partial charge in [-0.05, 0) is 17.7 Å². The summed E-state index contributed by atoms with van der Waals surface area (Å²) in [6.45, 7) is 0.957. The average molecular weight is 282 g/mol. The molecule has 0 aliphatic heterocycles. The first kappa shape index (κ1) is 15.1. The summed E-state index contributed by atoms with van der Waals surface area (Å²) in [5, 5.41) is 13.0. The van der Waals surface area contributed by atoms with Crippen molar-refractivity contribution < 1.29 is 4.79 Å². The van der Waals surface area contributed by atoms with Crippen LogP contribution in [0.1, 0.15) is 21.6 Å². The van der Waals surface area contributed by atoms with Crippen LogP contribution in [0.25, 0.3) is 0 Å². The predicted octanol–water partition coefficient (Wildman–Crippen LogP) is 0.658. The summed E-state index contributed by atoms with van der Waals surface area (Å²) in [5.74, 6) is -0.103. The van der Waals surface area contributed by atoms with E-state index in [1.165, 1.54) is 0 Å². The Hall–Kier alpha value is -1.92. The van der Waals surface area contributed by atoms with Gasteiger partial charge in [0, 0.05) is 25.1 Å². The second kappa shape index (κ2) is 7.50. The number of nitrogens with zero attached hydrogens (tertiary/aromatic N) is 2. The number of carbonyl (C=O) groups excluding carboxylic acids is 1. The van der Waals surface area contributed by atoms with Crippen molar-refractivity contribution in [3.63, 3.8) is 0 Å². The Labute approximate surface area is 117 Å². The molecule has 2 rings (SSSR count). The van der Waals surface area contributed by atoms with E-state index < -0.39 is 0 Å². The van der Waals surface area contributed by atoms with Crippen molar-refractivity contribution in [3.8, 4) is 0 Å². The van der Waals surface area contributed by atoms with E-state index in [0.717, 1.165) is 11.3 Å². The maximum Gasteiger partial charge on any atom is 0.251 e. The molecule has 19 heavy (non-hydrogen) atoms. The smallest absolute Gasteiger partial charge is 0.251 e. The van der Waals surface area contributed by atoms with E-state index in [2.05, 4.69) is 20.7 Å². The monoisotopic (exact) mass is 281 g/mol. The fraction of sp³-hybridized carbons (Fsp3) is 0.250. The van der Waals surface area contributed by atoms with Crippen LogP contribution >= 0.6 is 12.4 Å². The molecule has 0 atom stereocenters. The van der Waals surface area contributed by atoms with E-state index in [9.17, 15) is 4.79 Å². The van der Waals surface area contributed by atoms with Crippen molar-refractivity contribution in [2.45, 2.75) is 13.0 Å². The van der Waals surface area contributed by atoms with Crippen molar-refractivity contribution in [2.24, 2.45) is 5.73 Å². The van der Waals surface area contributed by atoms with Crippen molar-refractivity contribution in [2.75, 3.05) is 6.54 Å². The molecule has 0 aliphatic carbocycles. The molecule has 0 radical (unpaired) electrons. The maximum atomic E-state index is 11.8. The maximum absolute atomic E-state index is 11.8. The summed E-state index contributed by atoms with van der Waals surface area (Å²) in [4.78, 5) is 11.8. The fourth-order valence-corrected chi connectivity index (χ4v) is 1.59. The highest BCUT2D eigenvalue weighted by atomic mass is 35.5. The Kier molecular flexibility index (Phi) is 5.98. The zero-order valence-corrected chi connectivity index (χ0v) is 11.1.